The molecule has 12 nitrogen and oxygen atoms in total. The highest BCUT2D eigenvalue weighted by Crippen LogP contribution is 2.26. The molecule has 1 aliphatic heterocycles. The number of carbonyl (C=O) groups is 1. The molecule has 0 aliphatic carbocycles. The standard InChI is InChI=1S/C21H30N4O8/c26-12-16-18(28)19(29)20(30)21(33-16)32-14-8-6-13(7-9-14)15-11-25(24-22-15)10-4-2-1-3-5-17(27)23-31/h6-9,11,16,18-21,26,28-31H,1-5,10,12H2,(H,23,27)/t16-,18-,19+,20+,21+/m1/s1. The zero-order valence-corrected chi connectivity index (χ0v) is 18.0. The number of unbranched alkanes of at least 4 members (excludes halogenated alkanes) is 3. The van der Waals surface area contributed by atoms with Crippen LogP contribution >= 0.6 is 0 Å². The van der Waals surface area contributed by atoms with Crippen LogP contribution in [0.3, 0.4) is 0 Å². The van der Waals surface area contributed by atoms with E-state index in [4.69, 9.17) is 14.7 Å². The van der Waals surface area contributed by atoms with Crippen LogP contribution in [-0.4, -0.2) is 83.8 Å². The highest BCUT2D eigenvalue weighted by atomic mass is 16.7. The number of nitrogens with one attached hydrogen (secondary N) is 1. The highest BCUT2D eigenvalue weighted by molar-refractivity contribution is 5.74. The van der Waals surface area contributed by atoms with Crippen LogP contribution < -0.4 is 10.2 Å². The lowest BCUT2D eigenvalue weighted by Gasteiger charge is -2.39. The number of carbonyl (C=O) groups excluding carboxylic acids is 1. The minimum atomic E-state index is -1.50. The van der Waals surface area contributed by atoms with Gasteiger partial charge in [-0.2, -0.15) is 0 Å². The molecule has 1 aromatic heterocycles. The summed E-state index contributed by atoms with van der Waals surface area (Å²) in [6, 6.07) is 6.83. The first-order valence-electron chi connectivity index (χ1n) is 10.8. The van der Waals surface area contributed by atoms with Gasteiger partial charge in [-0.3, -0.25) is 14.7 Å². The molecule has 5 atom stereocenters. The van der Waals surface area contributed by atoms with Crippen LogP contribution in [0.2, 0.25) is 0 Å². The summed E-state index contributed by atoms with van der Waals surface area (Å²) in [5, 5.41) is 55.8. The predicted molar refractivity (Wildman–Crippen MR) is 113 cm³/mol. The van der Waals surface area contributed by atoms with E-state index < -0.39 is 37.3 Å². The van der Waals surface area contributed by atoms with Gasteiger partial charge in [-0.15, -0.1) is 5.10 Å². The maximum Gasteiger partial charge on any atom is 0.243 e. The Morgan fingerprint density at radius 2 is 1.79 bits per heavy atom. The quantitative estimate of drug-likeness (QED) is 0.145. The molecule has 0 spiro atoms. The molecular formula is C21H30N4O8. The molecule has 1 amide bonds. The molecule has 2 aromatic rings. The molecule has 0 bridgehead atoms. The smallest absolute Gasteiger partial charge is 0.243 e. The van der Waals surface area contributed by atoms with Gasteiger partial charge in [0.25, 0.3) is 0 Å². The third kappa shape index (κ3) is 6.69. The highest BCUT2D eigenvalue weighted by Gasteiger charge is 2.44. The van der Waals surface area contributed by atoms with Crippen LogP contribution in [0, 0.1) is 0 Å². The number of aliphatic hydroxyl groups is 4. The van der Waals surface area contributed by atoms with Crippen LogP contribution in [0.25, 0.3) is 11.3 Å². The van der Waals surface area contributed by atoms with Crippen molar-refractivity contribution >= 4 is 5.91 Å². The summed E-state index contributed by atoms with van der Waals surface area (Å²) in [4.78, 5) is 11.0. The molecule has 0 saturated carbocycles. The number of rotatable bonds is 11. The number of aromatic nitrogens is 3. The van der Waals surface area contributed by atoms with Crippen molar-refractivity contribution in [3.05, 3.63) is 30.5 Å². The molecule has 0 radical (unpaired) electrons. The van der Waals surface area contributed by atoms with E-state index in [2.05, 4.69) is 10.3 Å². The van der Waals surface area contributed by atoms with Crippen molar-refractivity contribution in [2.45, 2.75) is 69.4 Å². The molecule has 2 heterocycles. The summed E-state index contributed by atoms with van der Waals surface area (Å²) >= 11 is 0. The second-order valence-electron chi connectivity index (χ2n) is 7.91. The summed E-state index contributed by atoms with van der Waals surface area (Å²) < 4.78 is 12.7. The molecule has 1 saturated heterocycles. The molecule has 1 aromatic carbocycles. The third-order valence-corrected chi connectivity index (χ3v) is 5.46. The SMILES string of the molecule is O=C(CCCCCCn1cc(-c2ccc(O[C@H]3O[C@H](CO)[C@@H](O)[C@H](O)[C@@H]3O)cc2)nn1)NO. The topological polar surface area (TPSA) is 179 Å². The summed E-state index contributed by atoms with van der Waals surface area (Å²) in [6.07, 6.45) is -1.17. The van der Waals surface area contributed by atoms with E-state index in [-0.39, 0.29) is 5.91 Å². The number of hydrogen-bond donors (Lipinski definition) is 6. The van der Waals surface area contributed by atoms with Gasteiger partial charge < -0.3 is 29.9 Å². The second-order valence-corrected chi connectivity index (χ2v) is 7.91. The van der Waals surface area contributed by atoms with E-state index >= 15 is 0 Å². The average molecular weight is 466 g/mol. The van der Waals surface area contributed by atoms with Crippen LogP contribution in [-0.2, 0) is 16.1 Å². The second kappa shape index (κ2) is 12.0. The first kappa shape index (κ1) is 25.0. The van der Waals surface area contributed by atoms with Crippen LogP contribution in [0.4, 0.5) is 0 Å². The van der Waals surface area contributed by atoms with Gasteiger partial charge in [0.05, 0.1) is 12.8 Å². The summed E-state index contributed by atoms with van der Waals surface area (Å²) in [6.45, 7) is 0.164. The minimum Gasteiger partial charge on any atom is -0.462 e. The van der Waals surface area contributed by atoms with Crippen molar-refractivity contribution in [3.63, 3.8) is 0 Å². The van der Waals surface area contributed by atoms with Gasteiger partial charge in [0.15, 0.2) is 0 Å². The Morgan fingerprint density at radius 1 is 1.06 bits per heavy atom. The van der Waals surface area contributed by atoms with Gasteiger partial charge in [-0.25, -0.2) is 5.48 Å². The van der Waals surface area contributed by atoms with E-state index in [0.717, 1.165) is 24.8 Å². The van der Waals surface area contributed by atoms with Crippen LogP contribution in [0.1, 0.15) is 32.1 Å². The summed E-state index contributed by atoms with van der Waals surface area (Å²) in [7, 11) is 0. The number of hydrogen-bond acceptors (Lipinski definition) is 10. The van der Waals surface area contributed by atoms with Gasteiger partial charge >= 0.3 is 0 Å². The lowest BCUT2D eigenvalue weighted by atomic mass is 9.99. The Hall–Kier alpha value is -2.61. The van der Waals surface area contributed by atoms with Crippen molar-refractivity contribution in [2.24, 2.45) is 0 Å². The molecule has 33 heavy (non-hydrogen) atoms. The van der Waals surface area contributed by atoms with E-state index in [1.54, 1.807) is 34.4 Å². The van der Waals surface area contributed by atoms with Crippen LogP contribution in [0.5, 0.6) is 5.75 Å². The zero-order chi connectivity index (χ0) is 23.8. The molecule has 12 heteroatoms. The Labute approximate surface area is 190 Å². The van der Waals surface area contributed by atoms with E-state index in [1.807, 2.05) is 6.20 Å². The van der Waals surface area contributed by atoms with Gasteiger partial charge in [-0.1, -0.05) is 18.1 Å². The van der Waals surface area contributed by atoms with Crippen molar-refractivity contribution in [1.82, 2.24) is 20.5 Å². The fourth-order valence-corrected chi connectivity index (χ4v) is 3.51. The number of benzene rings is 1. The fourth-order valence-electron chi connectivity index (χ4n) is 3.51. The Bertz CT molecular complexity index is 875. The largest absolute Gasteiger partial charge is 0.462 e. The lowest BCUT2D eigenvalue weighted by molar-refractivity contribution is -0.277. The number of amides is 1. The van der Waals surface area contributed by atoms with Crippen molar-refractivity contribution in [3.8, 4) is 17.0 Å². The normalized spacial score (nSPS) is 25.1. The monoisotopic (exact) mass is 466 g/mol. The molecule has 6 N–H and O–H groups in total. The minimum absolute atomic E-state index is 0.306. The summed E-state index contributed by atoms with van der Waals surface area (Å²) in [5.74, 6) is -0.00845. The number of nitrogens with zero attached hydrogens (tertiary/aromatic N) is 3. The molecular weight excluding hydrogens is 436 g/mol. The molecule has 0 unspecified atom stereocenters. The first-order chi connectivity index (χ1) is 15.9. The zero-order valence-electron chi connectivity index (χ0n) is 18.0. The molecule has 3 rings (SSSR count). The predicted octanol–water partition coefficient (Wildman–Crippen LogP) is -0.420. The molecule has 1 fully saturated rings. The fraction of sp³-hybridized carbons (Fsp3) is 0.571. The van der Waals surface area contributed by atoms with Crippen molar-refractivity contribution in [2.75, 3.05) is 6.61 Å². The number of ether oxygens (including phenoxy) is 2. The van der Waals surface area contributed by atoms with E-state index in [1.165, 1.54) is 0 Å². The maximum atomic E-state index is 11.0. The van der Waals surface area contributed by atoms with Crippen molar-refractivity contribution < 1.29 is 39.9 Å². The van der Waals surface area contributed by atoms with E-state index in [9.17, 15) is 25.2 Å². The first-order valence-corrected chi connectivity index (χ1v) is 10.8. The van der Waals surface area contributed by atoms with Gasteiger partial charge in [0.2, 0.25) is 12.2 Å². The lowest BCUT2D eigenvalue weighted by Crippen LogP contribution is -2.60. The Balaban J connectivity index is 1.48. The molecule has 182 valence electrons. The maximum absolute atomic E-state index is 11.0. The number of aliphatic hydroxyl groups excluding tert-OH is 4. The Kier molecular flexibility index (Phi) is 9.11. The van der Waals surface area contributed by atoms with Gasteiger partial charge in [-0.05, 0) is 37.1 Å². The third-order valence-electron chi connectivity index (χ3n) is 5.46. The summed E-state index contributed by atoms with van der Waals surface area (Å²) in [5.41, 5.74) is 3.10. The van der Waals surface area contributed by atoms with Gasteiger partial charge in [0.1, 0.15) is 35.9 Å². The van der Waals surface area contributed by atoms with Crippen LogP contribution in [0.15, 0.2) is 30.5 Å². The van der Waals surface area contributed by atoms with E-state index in [0.29, 0.717) is 30.8 Å². The Morgan fingerprint density at radius 3 is 2.48 bits per heavy atom. The van der Waals surface area contributed by atoms with Crippen molar-refractivity contribution in [1.29, 1.82) is 0 Å². The number of aryl methyl sites for hydroxylation is 1. The number of hydroxylamine groups is 1. The average Bonchev–Trinajstić information content (AvgIpc) is 3.30. The molecule has 1 aliphatic rings. The van der Waals surface area contributed by atoms with Gasteiger partial charge in [0, 0.05) is 18.5 Å².